The number of nitrogens with zero attached hydrogens (tertiary/aromatic N) is 1. The Morgan fingerprint density at radius 1 is 1.25 bits per heavy atom. The van der Waals surface area contributed by atoms with Crippen molar-refractivity contribution in [2.24, 2.45) is 0 Å². The maximum Gasteiger partial charge on any atom is 0.263 e. The molecule has 0 saturated heterocycles. The number of carbonyl (C=O) groups is 1. The van der Waals surface area contributed by atoms with Gasteiger partial charge in [-0.1, -0.05) is 23.7 Å². The molecule has 2 aromatic carbocycles. The minimum atomic E-state index is -0.582. The largest absolute Gasteiger partial charge is 0.496 e. The molecular weight excluding hydrogens is 326 g/mol. The van der Waals surface area contributed by atoms with Crippen molar-refractivity contribution in [1.29, 1.82) is 0 Å². The Hall–Kier alpha value is -2.20. The summed E-state index contributed by atoms with van der Waals surface area (Å²) in [5.41, 5.74) is 1.94. The first-order chi connectivity index (χ1) is 11.4. The second-order valence-electron chi connectivity index (χ2n) is 5.73. The fourth-order valence-corrected chi connectivity index (χ4v) is 2.65. The van der Waals surface area contributed by atoms with E-state index in [4.69, 9.17) is 21.1 Å². The monoisotopic (exact) mass is 347 g/mol. The zero-order chi connectivity index (χ0) is 17.7. The van der Waals surface area contributed by atoms with E-state index in [0.717, 1.165) is 11.1 Å². The Bertz CT molecular complexity index is 718. The van der Waals surface area contributed by atoms with Gasteiger partial charge in [-0.25, -0.2) is 0 Å². The van der Waals surface area contributed by atoms with Gasteiger partial charge in [0.15, 0.2) is 6.10 Å². The fraction of sp³-hybridized carbons (Fsp3) is 0.316. The standard InChI is InChI=1S/C19H22ClNO3/c1-13-6-5-7-17(10-13)24-14(2)19(22)21(3)12-15-11-16(20)8-9-18(15)23-4/h5-11,14H,12H2,1-4H3. The molecule has 0 fully saturated rings. The van der Waals surface area contributed by atoms with Crippen LogP contribution in [-0.2, 0) is 11.3 Å². The van der Waals surface area contributed by atoms with Crippen LogP contribution in [0.1, 0.15) is 18.1 Å². The van der Waals surface area contributed by atoms with E-state index in [1.165, 1.54) is 0 Å². The average Bonchev–Trinajstić information content (AvgIpc) is 2.54. The van der Waals surface area contributed by atoms with Gasteiger partial charge in [0.2, 0.25) is 0 Å². The first kappa shape index (κ1) is 18.1. The maximum atomic E-state index is 12.5. The lowest BCUT2D eigenvalue weighted by molar-refractivity contribution is -0.137. The topological polar surface area (TPSA) is 38.8 Å². The molecule has 0 aliphatic rings. The molecule has 0 saturated carbocycles. The first-order valence-corrected chi connectivity index (χ1v) is 8.09. The second-order valence-corrected chi connectivity index (χ2v) is 6.16. The number of likely N-dealkylation sites (N-methyl/N-ethyl adjacent to an activating group) is 1. The Morgan fingerprint density at radius 3 is 2.67 bits per heavy atom. The van der Waals surface area contributed by atoms with Crippen molar-refractivity contribution in [2.45, 2.75) is 26.5 Å². The van der Waals surface area contributed by atoms with Gasteiger partial charge >= 0.3 is 0 Å². The van der Waals surface area contributed by atoms with Crippen molar-refractivity contribution in [3.8, 4) is 11.5 Å². The maximum absolute atomic E-state index is 12.5. The lowest BCUT2D eigenvalue weighted by Crippen LogP contribution is -2.37. The lowest BCUT2D eigenvalue weighted by Gasteiger charge is -2.23. The summed E-state index contributed by atoms with van der Waals surface area (Å²) in [4.78, 5) is 14.2. The van der Waals surface area contributed by atoms with Crippen molar-refractivity contribution in [1.82, 2.24) is 4.90 Å². The van der Waals surface area contributed by atoms with Gasteiger partial charge in [-0.05, 0) is 49.7 Å². The molecule has 1 unspecified atom stereocenters. The van der Waals surface area contributed by atoms with Gasteiger partial charge < -0.3 is 14.4 Å². The Balaban J connectivity index is 2.05. The van der Waals surface area contributed by atoms with Crippen LogP contribution in [0.2, 0.25) is 5.02 Å². The van der Waals surface area contributed by atoms with Crippen molar-refractivity contribution >= 4 is 17.5 Å². The number of halogens is 1. The molecule has 5 heteroatoms. The van der Waals surface area contributed by atoms with Crippen LogP contribution in [-0.4, -0.2) is 31.1 Å². The molecule has 0 aliphatic carbocycles. The van der Waals surface area contributed by atoms with Crippen LogP contribution < -0.4 is 9.47 Å². The normalized spacial score (nSPS) is 11.7. The number of carbonyl (C=O) groups excluding carboxylic acids is 1. The van der Waals surface area contributed by atoms with Crippen LogP contribution in [0.5, 0.6) is 11.5 Å². The number of hydrogen-bond acceptors (Lipinski definition) is 3. The molecule has 0 heterocycles. The van der Waals surface area contributed by atoms with Gasteiger partial charge in [0.25, 0.3) is 5.91 Å². The minimum absolute atomic E-state index is 0.112. The zero-order valence-electron chi connectivity index (χ0n) is 14.4. The van der Waals surface area contributed by atoms with Crippen molar-refractivity contribution in [3.05, 3.63) is 58.6 Å². The van der Waals surface area contributed by atoms with Crippen molar-refractivity contribution in [2.75, 3.05) is 14.2 Å². The van der Waals surface area contributed by atoms with Crippen LogP contribution in [0.3, 0.4) is 0 Å². The summed E-state index contributed by atoms with van der Waals surface area (Å²) in [5.74, 6) is 1.27. The minimum Gasteiger partial charge on any atom is -0.496 e. The molecule has 0 N–H and O–H groups in total. The number of ether oxygens (including phenoxy) is 2. The van der Waals surface area contributed by atoms with E-state index in [1.807, 2.05) is 31.2 Å². The quantitative estimate of drug-likeness (QED) is 0.790. The van der Waals surface area contributed by atoms with E-state index < -0.39 is 6.10 Å². The molecule has 24 heavy (non-hydrogen) atoms. The Morgan fingerprint density at radius 2 is 2.00 bits per heavy atom. The predicted molar refractivity (Wildman–Crippen MR) is 95.7 cm³/mol. The smallest absolute Gasteiger partial charge is 0.263 e. The molecule has 2 rings (SSSR count). The summed E-state index contributed by atoms with van der Waals surface area (Å²) in [7, 11) is 3.33. The van der Waals surface area contributed by atoms with Gasteiger partial charge in [-0.2, -0.15) is 0 Å². The summed E-state index contributed by atoms with van der Waals surface area (Å²) >= 11 is 6.04. The zero-order valence-corrected chi connectivity index (χ0v) is 15.1. The molecule has 0 radical (unpaired) electrons. The highest BCUT2D eigenvalue weighted by atomic mass is 35.5. The highest BCUT2D eigenvalue weighted by Crippen LogP contribution is 2.24. The van der Waals surface area contributed by atoms with Crippen LogP contribution in [0.15, 0.2) is 42.5 Å². The molecule has 0 bridgehead atoms. The van der Waals surface area contributed by atoms with E-state index in [9.17, 15) is 4.79 Å². The predicted octanol–water partition coefficient (Wildman–Crippen LogP) is 4.08. The van der Waals surface area contributed by atoms with Gasteiger partial charge in [0, 0.05) is 24.2 Å². The Kier molecular flexibility index (Phi) is 6.10. The summed E-state index contributed by atoms with van der Waals surface area (Å²) in [6, 6.07) is 13.0. The summed E-state index contributed by atoms with van der Waals surface area (Å²) in [6.45, 7) is 4.12. The molecule has 0 spiro atoms. The van der Waals surface area contributed by atoms with Crippen LogP contribution in [0, 0.1) is 6.92 Å². The van der Waals surface area contributed by atoms with Crippen molar-refractivity contribution in [3.63, 3.8) is 0 Å². The number of benzene rings is 2. The third-order valence-electron chi connectivity index (χ3n) is 3.68. The number of amides is 1. The lowest BCUT2D eigenvalue weighted by atomic mass is 10.2. The SMILES string of the molecule is COc1ccc(Cl)cc1CN(C)C(=O)C(C)Oc1cccc(C)c1. The van der Waals surface area contributed by atoms with E-state index in [2.05, 4.69) is 0 Å². The van der Waals surface area contributed by atoms with Crippen molar-refractivity contribution < 1.29 is 14.3 Å². The molecule has 0 aromatic heterocycles. The summed E-state index contributed by atoms with van der Waals surface area (Å²) in [6.07, 6.45) is -0.582. The van der Waals surface area contributed by atoms with Gasteiger partial charge in [-0.3, -0.25) is 4.79 Å². The molecular formula is C19H22ClNO3. The second kappa shape index (κ2) is 8.06. The molecule has 2 aromatic rings. The fourth-order valence-electron chi connectivity index (χ4n) is 2.46. The highest BCUT2D eigenvalue weighted by molar-refractivity contribution is 6.30. The van der Waals surface area contributed by atoms with E-state index >= 15 is 0 Å². The van der Waals surface area contributed by atoms with Gasteiger partial charge in [0.05, 0.1) is 7.11 Å². The number of rotatable bonds is 6. The Labute approximate surface area is 147 Å². The first-order valence-electron chi connectivity index (χ1n) is 7.71. The van der Waals surface area contributed by atoms with Crippen LogP contribution in [0.25, 0.3) is 0 Å². The van der Waals surface area contributed by atoms with E-state index in [0.29, 0.717) is 23.1 Å². The average molecular weight is 348 g/mol. The van der Waals surface area contributed by atoms with Crippen LogP contribution >= 0.6 is 11.6 Å². The van der Waals surface area contributed by atoms with E-state index in [-0.39, 0.29) is 5.91 Å². The number of aryl methyl sites for hydroxylation is 1. The third-order valence-corrected chi connectivity index (χ3v) is 3.91. The van der Waals surface area contributed by atoms with Gasteiger partial charge in [-0.15, -0.1) is 0 Å². The number of hydrogen-bond donors (Lipinski definition) is 0. The highest BCUT2D eigenvalue weighted by Gasteiger charge is 2.20. The third kappa shape index (κ3) is 4.65. The molecule has 0 aliphatic heterocycles. The molecule has 1 atom stereocenters. The summed E-state index contributed by atoms with van der Waals surface area (Å²) in [5, 5.41) is 0.607. The molecule has 1 amide bonds. The summed E-state index contributed by atoms with van der Waals surface area (Å²) < 4.78 is 11.1. The van der Waals surface area contributed by atoms with E-state index in [1.54, 1.807) is 44.2 Å². The number of methoxy groups -OCH3 is 1. The van der Waals surface area contributed by atoms with Crippen LogP contribution in [0.4, 0.5) is 0 Å². The molecule has 128 valence electrons. The molecule has 4 nitrogen and oxygen atoms in total. The van der Waals surface area contributed by atoms with Gasteiger partial charge in [0.1, 0.15) is 11.5 Å².